The molecule has 0 bridgehead atoms. The molecular weight excluding hydrogens is 405 g/mol. The average Bonchev–Trinajstić information content (AvgIpc) is 2.37. The number of halogens is 1. The van der Waals surface area contributed by atoms with Gasteiger partial charge in [-0.15, -0.1) is 0 Å². The van der Waals surface area contributed by atoms with Crippen LogP contribution in [0.5, 0.6) is 0 Å². The minimum Gasteiger partial charge on any atom is -0.467 e. The molecule has 7 nitrogen and oxygen atoms in total. The molecule has 3 atom stereocenters. The van der Waals surface area contributed by atoms with Crippen molar-refractivity contribution in [3.8, 4) is 0 Å². The predicted molar refractivity (Wildman–Crippen MR) is 86.7 cm³/mol. The summed E-state index contributed by atoms with van der Waals surface area (Å²) in [5.41, 5.74) is -0.661. The second kappa shape index (κ2) is 7.47. The maximum atomic E-state index is 12.3. The van der Waals surface area contributed by atoms with Crippen molar-refractivity contribution in [3.05, 3.63) is 0 Å². The topological polar surface area (TPSA) is 82.1 Å². The van der Waals surface area contributed by atoms with Gasteiger partial charge in [0, 0.05) is 19.9 Å². The minimum atomic E-state index is -0.824. The summed E-state index contributed by atoms with van der Waals surface area (Å²) >= 11 is 2.10. The second-order valence-corrected chi connectivity index (χ2v) is 7.67. The highest BCUT2D eigenvalue weighted by molar-refractivity contribution is 14.1. The number of carbonyl (C=O) groups is 3. The molecule has 8 heteroatoms. The van der Waals surface area contributed by atoms with E-state index in [2.05, 4.69) is 22.6 Å². The highest BCUT2D eigenvalue weighted by Crippen LogP contribution is 2.28. The van der Waals surface area contributed by atoms with Gasteiger partial charge in [-0.25, -0.2) is 9.59 Å². The molecule has 1 aliphatic heterocycles. The van der Waals surface area contributed by atoms with Gasteiger partial charge in [-0.2, -0.15) is 0 Å². The number of carbonyl (C=O) groups excluding carboxylic acids is 3. The molecule has 1 rings (SSSR count). The lowest BCUT2D eigenvalue weighted by molar-refractivity contribution is -0.156. The number of ether oxygens (including phenoxy) is 3. The SMILES string of the molecule is COC(=O)[C@@H]1C[C@H](OC(C)=O)[C@@H](I)CN1C(=O)OC(C)(C)C. The van der Waals surface area contributed by atoms with Crippen LogP contribution in [0.25, 0.3) is 0 Å². The summed E-state index contributed by atoms with van der Waals surface area (Å²) in [7, 11) is 1.26. The van der Waals surface area contributed by atoms with Crippen molar-refractivity contribution in [2.45, 2.75) is 55.8 Å². The number of esters is 2. The molecule has 1 aliphatic rings. The first-order valence-electron chi connectivity index (χ1n) is 6.94. The van der Waals surface area contributed by atoms with E-state index in [1.807, 2.05) is 0 Å². The Balaban J connectivity index is 2.93. The molecule has 126 valence electrons. The van der Waals surface area contributed by atoms with Gasteiger partial charge < -0.3 is 14.2 Å². The highest BCUT2D eigenvalue weighted by atomic mass is 127. The van der Waals surface area contributed by atoms with Crippen LogP contribution in [-0.2, 0) is 23.8 Å². The molecular formula is C14H22INO6. The lowest BCUT2D eigenvalue weighted by atomic mass is 9.99. The summed E-state index contributed by atoms with van der Waals surface area (Å²) in [6.07, 6.45) is -0.828. The number of rotatable bonds is 2. The molecule has 0 aromatic heterocycles. The van der Waals surface area contributed by atoms with Gasteiger partial charge in [-0.05, 0) is 20.8 Å². The molecule has 0 aliphatic carbocycles. The lowest BCUT2D eigenvalue weighted by Gasteiger charge is -2.40. The summed E-state index contributed by atoms with van der Waals surface area (Å²) in [5.74, 6) is -0.965. The van der Waals surface area contributed by atoms with E-state index in [1.54, 1.807) is 20.8 Å². The zero-order valence-electron chi connectivity index (χ0n) is 13.4. The number of hydrogen-bond acceptors (Lipinski definition) is 6. The van der Waals surface area contributed by atoms with Gasteiger partial charge in [0.1, 0.15) is 17.7 Å². The Kier molecular flexibility index (Phi) is 6.45. The van der Waals surface area contributed by atoms with Crippen molar-refractivity contribution in [1.82, 2.24) is 4.90 Å². The van der Waals surface area contributed by atoms with E-state index in [9.17, 15) is 14.4 Å². The maximum absolute atomic E-state index is 12.3. The van der Waals surface area contributed by atoms with Crippen molar-refractivity contribution in [2.24, 2.45) is 0 Å². The number of nitrogens with zero attached hydrogens (tertiary/aromatic N) is 1. The molecule has 0 unspecified atom stereocenters. The van der Waals surface area contributed by atoms with E-state index in [-0.39, 0.29) is 16.9 Å². The third kappa shape index (κ3) is 5.29. The van der Waals surface area contributed by atoms with E-state index >= 15 is 0 Å². The number of amides is 1. The molecule has 0 aromatic carbocycles. The fourth-order valence-corrected chi connectivity index (χ4v) is 3.01. The van der Waals surface area contributed by atoms with Crippen molar-refractivity contribution in [3.63, 3.8) is 0 Å². The van der Waals surface area contributed by atoms with Crippen molar-refractivity contribution < 1.29 is 28.6 Å². The van der Waals surface area contributed by atoms with Gasteiger partial charge in [0.25, 0.3) is 0 Å². The standard InChI is InChI=1S/C14H22INO6/c1-8(17)21-11-6-10(12(18)20-5)16(7-9(11)15)13(19)22-14(2,3)4/h9-11H,6-7H2,1-5H3/t9-,10-,11-/m0/s1. The number of piperidine rings is 1. The van der Waals surface area contributed by atoms with Crippen molar-refractivity contribution in [1.29, 1.82) is 0 Å². The Morgan fingerprint density at radius 1 is 1.23 bits per heavy atom. The van der Waals surface area contributed by atoms with Gasteiger partial charge >= 0.3 is 18.0 Å². The van der Waals surface area contributed by atoms with Crippen LogP contribution in [0.3, 0.4) is 0 Å². The molecule has 0 radical (unpaired) electrons. The first-order chi connectivity index (χ1) is 10.0. The summed E-state index contributed by atoms with van der Waals surface area (Å²) < 4.78 is 15.2. The summed E-state index contributed by atoms with van der Waals surface area (Å²) in [6.45, 7) is 6.82. The Morgan fingerprint density at radius 3 is 2.27 bits per heavy atom. The molecule has 1 heterocycles. The second-order valence-electron chi connectivity index (χ2n) is 6.07. The fourth-order valence-electron chi connectivity index (χ4n) is 2.14. The van der Waals surface area contributed by atoms with Crippen molar-refractivity contribution >= 4 is 40.6 Å². The Bertz CT molecular complexity index is 447. The molecule has 0 aromatic rings. The third-order valence-electron chi connectivity index (χ3n) is 3.02. The summed E-state index contributed by atoms with van der Waals surface area (Å²) in [6, 6.07) is -0.824. The molecule has 1 saturated heterocycles. The van der Waals surface area contributed by atoms with E-state index in [1.165, 1.54) is 18.9 Å². The fraction of sp³-hybridized carbons (Fsp3) is 0.786. The normalized spacial score (nSPS) is 25.4. The van der Waals surface area contributed by atoms with E-state index < -0.39 is 35.8 Å². The third-order valence-corrected chi connectivity index (χ3v) is 4.22. The molecule has 1 amide bonds. The molecule has 1 fully saturated rings. The van der Waals surface area contributed by atoms with Crippen LogP contribution in [0.1, 0.15) is 34.1 Å². The monoisotopic (exact) mass is 427 g/mol. The average molecular weight is 427 g/mol. The molecule has 22 heavy (non-hydrogen) atoms. The van der Waals surface area contributed by atoms with Crippen LogP contribution in [-0.4, -0.2) is 58.3 Å². The van der Waals surface area contributed by atoms with E-state index in [0.717, 1.165) is 0 Å². The number of hydrogen-bond donors (Lipinski definition) is 0. The lowest BCUT2D eigenvalue weighted by Crippen LogP contribution is -2.57. The van der Waals surface area contributed by atoms with E-state index in [4.69, 9.17) is 14.2 Å². The van der Waals surface area contributed by atoms with Crippen LogP contribution in [0, 0.1) is 0 Å². The summed E-state index contributed by atoms with van der Waals surface area (Å²) in [5, 5.41) is 0. The highest BCUT2D eigenvalue weighted by Gasteiger charge is 2.43. The first-order valence-corrected chi connectivity index (χ1v) is 8.18. The Hall–Kier alpha value is -1.06. The van der Waals surface area contributed by atoms with Gasteiger partial charge in [0.15, 0.2) is 0 Å². The minimum absolute atomic E-state index is 0.130. The predicted octanol–water partition coefficient (Wildman–Crippen LogP) is 1.90. The zero-order chi connectivity index (χ0) is 17.1. The van der Waals surface area contributed by atoms with Crippen LogP contribution >= 0.6 is 22.6 Å². The van der Waals surface area contributed by atoms with Crippen LogP contribution < -0.4 is 0 Å². The van der Waals surface area contributed by atoms with Crippen LogP contribution in [0.2, 0.25) is 0 Å². The van der Waals surface area contributed by atoms with Crippen LogP contribution in [0.4, 0.5) is 4.79 Å². The molecule has 0 N–H and O–H groups in total. The quantitative estimate of drug-likeness (QED) is 0.290. The maximum Gasteiger partial charge on any atom is 0.411 e. The number of likely N-dealkylation sites (tertiary alicyclic amines) is 1. The Morgan fingerprint density at radius 2 is 1.82 bits per heavy atom. The molecule has 0 spiro atoms. The molecule has 0 saturated carbocycles. The Labute approximate surface area is 143 Å². The zero-order valence-corrected chi connectivity index (χ0v) is 15.6. The summed E-state index contributed by atoms with van der Waals surface area (Å²) in [4.78, 5) is 36.8. The first kappa shape index (κ1) is 19.0. The van der Waals surface area contributed by atoms with Crippen molar-refractivity contribution in [2.75, 3.05) is 13.7 Å². The van der Waals surface area contributed by atoms with Crippen LogP contribution in [0.15, 0.2) is 0 Å². The number of methoxy groups -OCH3 is 1. The van der Waals surface area contributed by atoms with Gasteiger partial charge in [0.05, 0.1) is 11.0 Å². The van der Waals surface area contributed by atoms with Gasteiger partial charge in [-0.1, -0.05) is 22.6 Å². The smallest absolute Gasteiger partial charge is 0.411 e. The number of alkyl halides is 1. The van der Waals surface area contributed by atoms with Gasteiger partial charge in [-0.3, -0.25) is 9.69 Å². The largest absolute Gasteiger partial charge is 0.467 e. The van der Waals surface area contributed by atoms with E-state index in [0.29, 0.717) is 0 Å². The van der Waals surface area contributed by atoms with Gasteiger partial charge in [0.2, 0.25) is 0 Å².